The third kappa shape index (κ3) is 11.1. The molecule has 0 aliphatic heterocycles. The topological polar surface area (TPSA) is 64.1 Å². The van der Waals surface area contributed by atoms with Crippen molar-refractivity contribution in [1.29, 1.82) is 0 Å². The van der Waals surface area contributed by atoms with Gasteiger partial charge in [0.05, 0.1) is 19.8 Å². The Hall–Kier alpha value is -1.63. The third-order valence-corrected chi connectivity index (χ3v) is 3.73. The molecule has 2 N–H and O–H groups in total. The molecular formula is C20H35N3O3. The first-order valence-corrected chi connectivity index (χ1v) is 9.55. The van der Waals surface area contributed by atoms with Crippen LogP contribution in [0.25, 0.3) is 0 Å². The van der Waals surface area contributed by atoms with Gasteiger partial charge in [-0.15, -0.1) is 0 Å². The van der Waals surface area contributed by atoms with Gasteiger partial charge in [-0.05, 0) is 37.8 Å². The minimum absolute atomic E-state index is 0.605. The van der Waals surface area contributed by atoms with Crippen LogP contribution in [0, 0.1) is 0 Å². The quantitative estimate of drug-likeness (QED) is 0.301. The lowest BCUT2D eigenvalue weighted by molar-refractivity contribution is 0.0453. The lowest BCUT2D eigenvalue weighted by atomic mass is 10.1. The van der Waals surface area contributed by atoms with Crippen LogP contribution in [0.4, 0.5) is 0 Å². The molecule has 0 saturated heterocycles. The molecule has 0 fully saturated rings. The molecule has 0 atom stereocenters. The zero-order chi connectivity index (χ0) is 18.9. The molecule has 0 bridgehead atoms. The number of benzene rings is 1. The Morgan fingerprint density at radius 2 is 1.65 bits per heavy atom. The second-order valence-electron chi connectivity index (χ2n) is 5.83. The number of hydrogen-bond donors (Lipinski definition) is 2. The van der Waals surface area contributed by atoms with Crippen molar-refractivity contribution in [2.24, 2.45) is 4.99 Å². The average Bonchev–Trinajstić information content (AvgIpc) is 2.67. The van der Waals surface area contributed by atoms with Crippen LogP contribution in [0.1, 0.15) is 37.8 Å². The molecule has 0 heterocycles. The largest absolute Gasteiger partial charge is 0.382 e. The van der Waals surface area contributed by atoms with E-state index in [1.165, 1.54) is 11.1 Å². The molecule has 0 aromatic heterocycles. The predicted molar refractivity (Wildman–Crippen MR) is 107 cm³/mol. The van der Waals surface area contributed by atoms with Crippen LogP contribution in [-0.2, 0) is 27.4 Å². The van der Waals surface area contributed by atoms with Crippen molar-refractivity contribution in [2.45, 2.75) is 39.8 Å². The number of rotatable bonds is 14. The second kappa shape index (κ2) is 15.6. The molecule has 0 unspecified atom stereocenters. The normalized spacial score (nSPS) is 11.6. The van der Waals surface area contributed by atoms with E-state index in [2.05, 4.69) is 39.9 Å². The Kier molecular flexibility index (Phi) is 13.5. The van der Waals surface area contributed by atoms with E-state index >= 15 is 0 Å². The fraction of sp³-hybridized carbons (Fsp3) is 0.650. The summed E-state index contributed by atoms with van der Waals surface area (Å²) in [7, 11) is 1.79. The molecule has 26 heavy (non-hydrogen) atoms. The number of ether oxygens (including phenoxy) is 3. The van der Waals surface area contributed by atoms with Gasteiger partial charge in [0.25, 0.3) is 0 Å². The molecule has 148 valence electrons. The van der Waals surface area contributed by atoms with Crippen molar-refractivity contribution in [1.82, 2.24) is 10.6 Å². The van der Waals surface area contributed by atoms with Crippen molar-refractivity contribution in [3.05, 3.63) is 35.4 Å². The van der Waals surface area contributed by atoms with Gasteiger partial charge in [0, 0.05) is 40.0 Å². The summed E-state index contributed by atoms with van der Waals surface area (Å²) in [4.78, 5) is 4.26. The van der Waals surface area contributed by atoms with E-state index < -0.39 is 0 Å². The molecule has 6 nitrogen and oxygen atoms in total. The molecular weight excluding hydrogens is 330 g/mol. The van der Waals surface area contributed by atoms with Crippen LogP contribution in [0.15, 0.2) is 29.3 Å². The Morgan fingerprint density at radius 3 is 2.42 bits per heavy atom. The summed E-state index contributed by atoms with van der Waals surface area (Å²) in [5.41, 5.74) is 2.37. The minimum atomic E-state index is 0.605. The van der Waals surface area contributed by atoms with Gasteiger partial charge in [-0.2, -0.15) is 0 Å². The number of unbranched alkanes of at least 4 members (excludes halogenated alkanes) is 1. The summed E-state index contributed by atoms with van der Waals surface area (Å²) in [5, 5.41) is 6.68. The van der Waals surface area contributed by atoms with E-state index in [-0.39, 0.29) is 0 Å². The number of nitrogens with zero attached hydrogens (tertiary/aromatic N) is 1. The maximum atomic E-state index is 5.63. The molecule has 0 radical (unpaired) electrons. The summed E-state index contributed by atoms with van der Waals surface area (Å²) < 4.78 is 16.2. The fourth-order valence-electron chi connectivity index (χ4n) is 2.37. The first-order chi connectivity index (χ1) is 12.8. The predicted octanol–water partition coefficient (Wildman–Crippen LogP) is 2.72. The molecule has 1 aromatic carbocycles. The van der Waals surface area contributed by atoms with Gasteiger partial charge in [0.2, 0.25) is 0 Å². The van der Waals surface area contributed by atoms with E-state index in [1.807, 2.05) is 13.8 Å². The van der Waals surface area contributed by atoms with E-state index in [1.54, 1.807) is 7.05 Å². The first kappa shape index (κ1) is 22.4. The summed E-state index contributed by atoms with van der Waals surface area (Å²) >= 11 is 0. The van der Waals surface area contributed by atoms with Crippen molar-refractivity contribution >= 4 is 5.96 Å². The van der Waals surface area contributed by atoms with E-state index in [4.69, 9.17) is 14.2 Å². The van der Waals surface area contributed by atoms with Crippen molar-refractivity contribution in [2.75, 3.05) is 46.6 Å². The highest BCUT2D eigenvalue weighted by atomic mass is 16.5. The molecule has 0 amide bonds. The molecule has 0 aliphatic carbocycles. The monoisotopic (exact) mass is 365 g/mol. The third-order valence-electron chi connectivity index (χ3n) is 3.73. The van der Waals surface area contributed by atoms with Crippen molar-refractivity contribution in [3.8, 4) is 0 Å². The number of aliphatic imine (C=N–C) groups is 1. The zero-order valence-corrected chi connectivity index (χ0v) is 16.6. The first-order valence-electron chi connectivity index (χ1n) is 9.55. The highest BCUT2D eigenvalue weighted by Crippen LogP contribution is 2.06. The van der Waals surface area contributed by atoms with E-state index in [9.17, 15) is 0 Å². The molecule has 0 saturated carbocycles. The van der Waals surface area contributed by atoms with Crippen molar-refractivity contribution in [3.63, 3.8) is 0 Å². The lowest BCUT2D eigenvalue weighted by Crippen LogP contribution is -2.37. The van der Waals surface area contributed by atoms with Crippen LogP contribution in [0.2, 0.25) is 0 Å². The van der Waals surface area contributed by atoms with Crippen molar-refractivity contribution < 1.29 is 14.2 Å². The van der Waals surface area contributed by atoms with Crippen LogP contribution < -0.4 is 10.6 Å². The average molecular weight is 366 g/mol. The Labute approximate surface area is 158 Å². The number of hydrogen-bond acceptors (Lipinski definition) is 4. The van der Waals surface area contributed by atoms with Gasteiger partial charge in [0.1, 0.15) is 0 Å². The summed E-state index contributed by atoms with van der Waals surface area (Å²) in [5.74, 6) is 0.819. The molecule has 1 rings (SSSR count). The van der Waals surface area contributed by atoms with Gasteiger partial charge >= 0.3 is 0 Å². The Morgan fingerprint density at radius 1 is 0.923 bits per heavy atom. The van der Waals surface area contributed by atoms with Crippen LogP contribution in [-0.4, -0.2) is 52.6 Å². The van der Waals surface area contributed by atoms with Gasteiger partial charge in [0.15, 0.2) is 5.96 Å². The van der Waals surface area contributed by atoms with Gasteiger partial charge < -0.3 is 24.8 Å². The molecule has 1 aromatic rings. The fourth-order valence-corrected chi connectivity index (χ4v) is 2.37. The summed E-state index contributed by atoms with van der Waals surface area (Å²) in [6.07, 6.45) is 2.12. The highest BCUT2D eigenvalue weighted by Gasteiger charge is 2.00. The van der Waals surface area contributed by atoms with E-state index in [0.29, 0.717) is 19.8 Å². The lowest BCUT2D eigenvalue weighted by Gasteiger charge is -2.12. The minimum Gasteiger partial charge on any atom is -0.382 e. The SMILES string of the molecule is CCOCCCCNC(=NC)NCc1cccc(COCCOCC)c1. The van der Waals surface area contributed by atoms with Crippen LogP contribution in [0.5, 0.6) is 0 Å². The Bertz CT molecular complexity index is 495. The van der Waals surface area contributed by atoms with E-state index in [0.717, 1.165) is 51.7 Å². The van der Waals surface area contributed by atoms with Gasteiger partial charge in [-0.3, -0.25) is 4.99 Å². The Balaban J connectivity index is 2.26. The molecule has 6 heteroatoms. The van der Waals surface area contributed by atoms with Crippen LogP contribution >= 0.6 is 0 Å². The second-order valence-corrected chi connectivity index (χ2v) is 5.83. The smallest absolute Gasteiger partial charge is 0.191 e. The van der Waals surface area contributed by atoms with Gasteiger partial charge in [-0.1, -0.05) is 24.3 Å². The highest BCUT2D eigenvalue weighted by molar-refractivity contribution is 5.79. The summed E-state index contributed by atoms with van der Waals surface area (Å²) in [6, 6.07) is 8.40. The van der Waals surface area contributed by atoms with Gasteiger partial charge in [-0.25, -0.2) is 0 Å². The molecule has 0 aliphatic rings. The standard InChI is InChI=1S/C20H35N3O3/c1-4-24-12-7-6-11-22-20(21-3)23-16-18-9-8-10-19(15-18)17-26-14-13-25-5-2/h8-10,15H,4-7,11-14,16-17H2,1-3H3,(H2,21,22,23). The molecule has 0 spiro atoms. The number of nitrogens with one attached hydrogen (secondary N) is 2. The zero-order valence-electron chi connectivity index (χ0n) is 16.6. The maximum Gasteiger partial charge on any atom is 0.191 e. The summed E-state index contributed by atoms with van der Waals surface area (Å²) in [6.45, 7) is 9.83. The maximum absolute atomic E-state index is 5.63. The number of guanidine groups is 1. The van der Waals surface area contributed by atoms with Crippen LogP contribution in [0.3, 0.4) is 0 Å².